The Hall–Kier alpha value is -1.88. The minimum Gasteiger partial charge on any atom is -0.349 e. The van der Waals surface area contributed by atoms with Gasteiger partial charge in [-0.1, -0.05) is 26.2 Å². The largest absolute Gasteiger partial charge is 0.349 e. The molecule has 0 saturated heterocycles. The molecule has 2 amide bonds. The zero-order valence-corrected chi connectivity index (χ0v) is 14.0. The molecule has 5 nitrogen and oxygen atoms in total. The molecule has 2 rings (SSSR count). The Bertz CT molecular complexity index is 565. The SMILES string of the molecule is CCCC(N)C(=O)Nc1ccc(C(=O)NC2CCCC2)cc1C. The number of aryl methyl sites for hydroxylation is 1. The first-order chi connectivity index (χ1) is 11.0. The van der Waals surface area contributed by atoms with Crippen LogP contribution in [0.25, 0.3) is 0 Å². The maximum atomic E-state index is 12.3. The molecule has 1 aliphatic carbocycles. The summed E-state index contributed by atoms with van der Waals surface area (Å²) in [6.07, 6.45) is 6.03. The van der Waals surface area contributed by atoms with E-state index < -0.39 is 6.04 Å². The van der Waals surface area contributed by atoms with E-state index in [1.54, 1.807) is 12.1 Å². The van der Waals surface area contributed by atoms with Gasteiger partial charge in [0.2, 0.25) is 5.91 Å². The Morgan fingerprint density at radius 1 is 1.30 bits per heavy atom. The quantitative estimate of drug-likeness (QED) is 0.754. The first-order valence-corrected chi connectivity index (χ1v) is 8.49. The molecule has 1 saturated carbocycles. The molecule has 1 aliphatic rings. The van der Waals surface area contributed by atoms with Crippen LogP contribution >= 0.6 is 0 Å². The number of benzene rings is 1. The van der Waals surface area contributed by atoms with Gasteiger partial charge in [0, 0.05) is 17.3 Å². The lowest BCUT2D eigenvalue weighted by atomic mass is 10.1. The van der Waals surface area contributed by atoms with Gasteiger partial charge in [-0.15, -0.1) is 0 Å². The van der Waals surface area contributed by atoms with Crippen LogP contribution in [0.3, 0.4) is 0 Å². The van der Waals surface area contributed by atoms with Gasteiger partial charge in [0.1, 0.15) is 0 Å². The van der Waals surface area contributed by atoms with E-state index >= 15 is 0 Å². The third-order valence-corrected chi connectivity index (χ3v) is 4.37. The van der Waals surface area contributed by atoms with Crippen molar-refractivity contribution in [3.8, 4) is 0 Å². The lowest BCUT2D eigenvalue weighted by Crippen LogP contribution is -2.35. The Labute approximate surface area is 138 Å². The second kappa shape index (κ2) is 8.11. The Balaban J connectivity index is 1.99. The van der Waals surface area contributed by atoms with Crippen LogP contribution in [0.5, 0.6) is 0 Å². The summed E-state index contributed by atoms with van der Waals surface area (Å²) in [5.41, 5.74) is 8.02. The Morgan fingerprint density at radius 3 is 2.61 bits per heavy atom. The number of hydrogen-bond acceptors (Lipinski definition) is 3. The number of carbonyl (C=O) groups excluding carboxylic acids is 2. The molecular weight excluding hydrogens is 290 g/mol. The summed E-state index contributed by atoms with van der Waals surface area (Å²) in [6, 6.07) is 5.14. The molecule has 0 heterocycles. The van der Waals surface area contributed by atoms with Crippen molar-refractivity contribution in [1.82, 2.24) is 5.32 Å². The minimum atomic E-state index is -0.496. The van der Waals surface area contributed by atoms with Gasteiger partial charge in [-0.25, -0.2) is 0 Å². The van der Waals surface area contributed by atoms with Crippen molar-refractivity contribution < 1.29 is 9.59 Å². The van der Waals surface area contributed by atoms with Crippen molar-refractivity contribution in [2.24, 2.45) is 5.73 Å². The zero-order chi connectivity index (χ0) is 16.8. The lowest BCUT2D eigenvalue weighted by molar-refractivity contribution is -0.117. The van der Waals surface area contributed by atoms with Gasteiger partial charge in [-0.2, -0.15) is 0 Å². The van der Waals surface area contributed by atoms with Gasteiger partial charge in [0.25, 0.3) is 5.91 Å². The second-order valence-electron chi connectivity index (χ2n) is 6.37. The smallest absolute Gasteiger partial charge is 0.251 e. The highest BCUT2D eigenvalue weighted by Gasteiger charge is 2.19. The number of amides is 2. The van der Waals surface area contributed by atoms with E-state index in [1.165, 1.54) is 12.8 Å². The van der Waals surface area contributed by atoms with Crippen LogP contribution in [-0.2, 0) is 4.79 Å². The van der Waals surface area contributed by atoms with E-state index in [-0.39, 0.29) is 11.8 Å². The van der Waals surface area contributed by atoms with Gasteiger partial charge < -0.3 is 16.4 Å². The Kier molecular flexibility index (Phi) is 6.16. The average molecular weight is 317 g/mol. The molecule has 126 valence electrons. The molecule has 0 aromatic heterocycles. The highest BCUT2D eigenvalue weighted by Crippen LogP contribution is 2.20. The molecule has 0 bridgehead atoms. The van der Waals surface area contributed by atoms with Crippen LogP contribution < -0.4 is 16.4 Å². The first kappa shape index (κ1) is 17.5. The number of rotatable bonds is 6. The molecule has 1 unspecified atom stereocenters. The van der Waals surface area contributed by atoms with E-state index in [0.29, 0.717) is 23.7 Å². The molecule has 1 fully saturated rings. The zero-order valence-electron chi connectivity index (χ0n) is 14.0. The lowest BCUT2D eigenvalue weighted by Gasteiger charge is -2.15. The molecule has 5 heteroatoms. The highest BCUT2D eigenvalue weighted by molar-refractivity contribution is 5.98. The van der Waals surface area contributed by atoms with Crippen molar-refractivity contribution in [1.29, 1.82) is 0 Å². The number of nitrogens with two attached hydrogens (primary N) is 1. The summed E-state index contributed by atoms with van der Waals surface area (Å²) in [5, 5.41) is 5.91. The first-order valence-electron chi connectivity index (χ1n) is 8.49. The standard InChI is InChI=1S/C18H27N3O2/c1-3-6-15(19)18(23)21-16-10-9-13(11-12(16)2)17(22)20-14-7-4-5-8-14/h9-11,14-15H,3-8,19H2,1-2H3,(H,20,22)(H,21,23). The van der Waals surface area contributed by atoms with Crippen molar-refractivity contribution in [2.45, 2.75) is 64.5 Å². The average Bonchev–Trinajstić information content (AvgIpc) is 3.02. The van der Waals surface area contributed by atoms with Crippen LogP contribution in [0.15, 0.2) is 18.2 Å². The minimum absolute atomic E-state index is 0.0411. The van der Waals surface area contributed by atoms with Crippen molar-refractivity contribution >= 4 is 17.5 Å². The molecule has 1 aromatic carbocycles. The summed E-state index contributed by atoms with van der Waals surface area (Å²) < 4.78 is 0. The summed E-state index contributed by atoms with van der Waals surface area (Å²) in [7, 11) is 0. The highest BCUT2D eigenvalue weighted by atomic mass is 16.2. The molecule has 1 aromatic rings. The van der Waals surface area contributed by atoms with E-state index in [0.717, 1.165) is 24.8 Å². The van der Waals surface area contributed by atoms with E-state index in [1.807, 2.05) is 19.9 Å². The number of anilines is 1. The molecule has 23 heavy (non-hydrogen) atoms. The fraction of sp³-hybridized carbons (Fsp3) is 0.556. The van der Waals surface area contributed by atoms with Gasteiger partial charge in [-0.05, 0) is 49.9 Å². The van der Waals surface area contributed by atoms with Crippen LogP contribution in [0, 0.1) is 6.92 Å². The molecule has 0 aliphatic heterocycles. The van der Waals surface area contributed by atoms with Gasteiger partial charge in [-0.3, -0.25) is 9.59 Å². The summed E-state index contributed by atoms with van der Waals surface area (Å²) >= 11 is 0. The fourth-order valence-corrected chi connectivity index (χ4v) is 2.95. The molecular formula is C18H27N3O2. The third-order valence-electron chi connectivity index (χ3n) is 4.37. The molecule has 0 spiro atoms. The molecule has 4 N–H and O–H groups in total. The summed E-state index contributed by atoms with van der Waals surface area (Å²) in [6.45, 7) is 3.88. The van der Waals surface area contributed by atoms with Gasteiger partial charge in [0.15, 0.2) is 0 Å². The topological polar surface area (TPSA) is 84.2 Å². The molecule has 0 radical (unpaired) electrons. The van der Waals surface area contributed by atoms with E-state index in [2.05, 4.69) is 10.6 Å². The maximum absolute atomic E-state index is 12.3. The van der Waals surface area contributed by atoms with Crippen molar-refractivity contribution in [3.05, 3.63) is 29.3 Å². The van der Waals surface area contributed by atoms with Gasteiger partial charge in [0.05, 0.1) is 6.04 Å². The maximum Gasteiger partial charge on any atom is 0.251 e. The third kappa shape index (κ3) is 4.79. The van der Waals surface area contributed by atoms with E-state index in [9.17, 15) is 9.59 Å². The summed E-state index contributed by atoms with van der Waals surface area (Å²) in [4.78, 5) is 24.2. The summed E-state index contributed by atoms with van der Waals surface area (Å²) in [5.74, 6) is -0.223. The van der Waals surface area contributed by atoms with Crippen LogP contribution in [0.4, 0.5) is 5.69 Å². The van der Waals surface area contributed by atoms with E-state index in [4.69, 9.17) is 5.73 Å². The number of nitrogens with one attached hydrogen (secondary N) is 2. The normalized spacial score (nSPS) is 16.1. The van der Waals surface area contributed by atoms with Crippen LogP contribution in [-0.4, -0.2) is 23.9 Å². The van der Waals surface area contributed by atoms with Crippen LogP contribution in [0.1, 0.15) is 61.4 Å². The predicted octanol–water partition coefficient (Wildman–Crippen LogP) is 2.73. The monoisotopic (exact) mass is 317 g/mol. The second-order valence-corrected chi connectivity index (χ2v) is 6.37. The number of hydrogen-bond donors (Lipinski definition) is 3. The predicted molar refractivity (Wildman–Crippen MR) is 92.4 cm³/mol. The van der Waals surface area contributed by atoms with Crippen LogP contribution in [0.2, 0.25) is 0 Å². The van der Waals surface area contributed by atoms with Crippen molar-refractivity contribution in [3.63, 3.8) is 0 Å². The Morgan fingerprint density at radius 2 is 2.00 bits per heavy atom. The molecule has 1 atom stereocenters. The number of carbonyl (C=O) groups is 2. The van der Waals surface area contributed by atoms with Crippen molar-refractivity contribution in [2.75, 3.05) is 5.32 Å². The van der Waals surface area contributed by atoms with Gasteiger partial charge >= 0.3 is 0 Å². The fourth-order valence-electron chi connectivity index (χ4n) is 2.95.